The topological polar surface area (TPSA) is 155 Å². The highest BCUT2D eigenvalue weighted by molar-refractivity contribution is 5.89. The molecule has 0 aromatic heterocycles. The van der Waals surface area contributed by atoms with Crippen molar-refractivity contribution in [1.82, 2.24) is 5.32 Å². The molecule has 0 aliphatic carbocycles. The molecular formula is C44H56N2O12. The Bertz CT molecular complexity index is 1840. The second-order valence-corrected chi connectivity index (χ2v) is 14.0. The molecule has 1 aliphatic rings. The van der Waals surface area contributed by atoms with Gasteiger partial charge in [-0.25, -0.2) is 0 Å². The molecule has 1 heterocycles. The molecule has 58 heavy (non-hydrogen) atoms. The second-order valence-electron chi connectivity index (χ2n) is 14.0. The van der Waals surface area contributed by atoms with Crippen molar-refractivity contribution in [1.29, 1.82) is 0 Å². The lowest BCUT2D eigenvalue weighted by Crippen LogP contribution is -2.51. The van der Waals surface area contributed by atoms with Gasteiger partial charge in [-0.3, -0.25) is 4.79 Å². The van der Waals surface area contributed by atoms with Crippen molar-refractivity contribution < 1.29 is 52.6 Å². The maximum Gasteiger partial charge on any atom is 0.306 e. The summed E-state index contributed by atoms with van der Waals surface area (Å²) in [7, 11) is 4.87. The molecule has 1 N–H and O–H groups in total. The van der Waals surface area contributed by atoms with Crippen LogP contribution in [0.25, 0.3) is 10.8 Å². The molecule has 14 heteroatoms. The third-order valence-corrected chi connectivity index (χ3v) is 9.85. The molecule has 14 nitrogen and oxygen atoms in total. The van der Waals surface area contributed by atoms with Gasteiger partial charge in [-0.05, 0) is 59.7 Å². The van der Waals surface area contributed by atoms with E-state index in [4.69, 9.17) is 37.9 Å². The van der Waals surface area contributed by atoms with E-state index in [9.17, 15) is 14.9 Å². The Kier molecular flexibility index (Phi) is 18.3. The van der Waals surface area contributed by atoms with Crippen LogP contribution in [0.3, 0.4) is 0 Å². The Labute approximate surface area is 340 Å². The smallest absolute Gasteiger partial charge is 0.306 e. The molecule has 0 saturated carbocycles. The van der Waals surface area contributed by atoms with Gasteiger partial charge in [0, 0.05) is 49.9 Å². The zero-order chi connectivity index (χ0) is 41.0. The predicted octanol–water partition coefficient (Wildman–Crippen LogP) is 6.83. The van der Waals surface area contributed by atoms with Gasteiger partial charge in [-0.1, -0.05) is 61.0 Å². The molecule has 1 fully saturated rings. The van der Waals surface area contributed by atoms with E-state index in [1.54, 1.807) is 21.3 Å². The van der Waals surface area contributed by atoms with E-state index in [1.807, 2.05) is 60.7 Å². The Balaban J connectivity index is 1.21. The van der Waals surface area contributed by atoms with E-state index in [0.29, 0.717) is 58.8 Å². The fourth-order valence-electron chi connectivity index (χ4n) is 7.01. The van der Waals surface area contributed by atoms with Crippen LogP contribution in [-0.4, -0.2) is 96.8 Å². The highest BCUT2D eigenvalue weighted by Gasteiger charge is 2.37. The van der Waals surface area contributed by atoms with Crippen LogP contribution in [0.1, 0.15) is 54.7 Å². The van der Waals surface area contributed by atoms with E-state index in [2.05, 4.69) is 34.4 Å². The summed E-state index contributed by atoms with van der Waals surface area (Å²) in [6.07, 6.45) is 1.28. The minimum absolute atomic E-state index is 0.00268. The van der Waals surface area contributed by atoms with Crippen LogP contribution in [0.5, 0.6) is 17.2 Å². The number of para-hydroxylation sites is 1. The molecule has 0 radical (unpaired) electrons. The Hall–Kier alpha value is -4.99. The third-order valence-electron chi connectivity index (χ3n) is 9.85. The summed E-state index contributed by atoms with van der Waals surface area (Å²) in [5.41, 5.74) is 3.02. The summed E-state index contributed by atoms with van der Waals surface area (Å²) >= 11 is 0. The first-order chi connectivity index (χ1) is 28.4. The fourth-order valence-corrected chi connectivity index (χ4v) is 7.01. The molecule has 1 aliphatic heterocycles. The molecule has 314 valence electrons. The lowest BCUT2D eigenvalue weighted by molar-refractivity contribution is -0.757. The quantitative estimate of drug-likeness (QED) is 0.0306. The minimum Gasteiger partial charge on any atom is -0.496 e. The number of unbranched alkanes of at least 4 members (excludes halogenated alkanes) is 2. The van der Waals surface area contributed by atoms with Crippen molar-refractivity contribution >= 4 is 16.7 Å². The number of ether oxygens (including phenoxy) is 8. The SMILES string of the molecule is COCC(COC1CNCC(OCc2cc(OC)c3ccccc3c2)C1c1ccc(OCCCOCc2ccccc2OC)cc1)OC(=O)CCCCCO[N+](=O)[O-]. The van der Waals surface area contributed by atoms with Crippen LogP contribution in [0.15, 0.2) is 84.9 Å². The Morgan fingerprint density at radius 1 is 0.793 bits per heavy atom. The lowest BCUT2D eigenvalue weighted by atomic mass is 9.85. The number of fused-ring (bicyclic) bond motifs is 1. The standard InChI is InChI=1S/C44H56N2O12/c1-50-30-37(58-43(47)16-5-4-10-23-57-46(48)49)31-56-42-27-45-26-41(55-28-32-24-34-12-6-8-14-38(34)40(25-32)52-3)44(42)33-17-19-36(20-18-33)54-22-11-21-53-29-35-13-7-9-15-39(35)51-2/h6-9,12-15,17-20,24-25,37,41-42,44-45H,4-5,10-11,16,21-23,26-31H2,1-3H3. The number of esters is 1. The second kappa shape index (κ2) is 24.1. The van der Waals surface area contributed by atoms with E-state index in [1.165, 1.54) is 0 Å². The molecule has 0 spiro atoms. The first kappa shape index (κ1) is 44.1. The number of hydrogen-bond donors (Lipinski definition) is 1. The van der Waals surface area contributed by atoms with Crippen molar-refractivity contribution in [2.75, 3.05) is 67.5 Å². The molecule has 0 bridgehead atoms. The first-order valence-electron chi connectivity index (χ1n) is 19.8. The van der Waals surface area contributed by atoms with Crippen LogP contribution in [0, 0.1) is 10.1 Å². The fraction of sp³-hybridized carbons (Fsp3) is 0.477. The lowest BCUT2D eigenvalue weighted by Gasteiger charge is -2.39. The minimum atomic E-state index is -0.818. The Morgan fingerprint density at radius 2 is 1.55 bits per heavy atom. The Morgan fingerprint density at radius 3 is 2.33 bits per heavy atom. The average molecular weight is 805 g/mol. The number of rotatable bonds is 26. The average Bonchev–Trinajstić information content (AvgIpc) is 3.24. The molecule has 5 rings (SSSR count). The maximum atomic E-state index is 12.7. The van der Waals surface area contributed by atoms with E-state index < -0.39 is 11.2 Å². The van der Waals surface area contributed by atoms with Gasteiger partial charge in [-0.2, -0.15) is 0 Å². The number of carbonyl (C=O) groups excluding carboxylic acids is 1. The van der Waals surface area contributed by atoms with E-state index in [-0.39, 0.29) is 50.3 Å². The largest absolute Gasteiger partial charge is 0.496 e. The van der Waals surface area contributed by atoms with Crippen LogP contribution in [0.2, 0.25) is 0 Å². The van der Waals surface area contributed by atoms with Crippen molar-refractivity contribution in [2.45, 2.75) is 69.5 Å². The number of piperidine rings is 1. The summed E-state index contributed by atoms with van der Waals surface area (Å²) in [6, 6.07) is 28.1. The van der Waals surface area contributed by atoms with Crippen molar-refractivity contribution in [3.63, 3.8) is 0 Å². The molecule has 4 aromatic carbocycles. The number of hydrogen-bond acceptors (Lipinski definition) is 13. The zero-order valence-electron chi connectivity index (χ0n) is 33.6. The third kappa shape index (κ3) is 13.8. The van der Waals surface area contributed by atoms with Crippen LogP contribution < -0.4 is 19.5 Å². The van der Waals surface area contributed by atoms with Crippen molar-refractivity contribution in [2.24, 2.45) is 0 Å². The van der Waals surface area contributed by atoms with Gasteiger partial charge in [0.25, 0.3) is 5.09 Å². The normalized spacial score (nSPS) is 17.1. The van der Waals surface area contributed by atoms with Crippen LogP contribution >= 0.6 is 0 Å². The summed E-state index contributed by atoms with van der Waals surface area (Å²) in [4.78, 5) is 27.4. The van der Waals surface area contributed by atoms with E-state index >= 15 is 0 Å². The molecule has 1 saturated heterocycles. The van der Waals surface area contributed by atoms with Crippen LogP contribution in [0.4, 0.5) is 0 Å². The summed E-state index contributed by atoms with van der Waals surface area (Å²) in [6.45, 7) is 3.32. The van der Waals surface area contributed by atoms with Gasteiger partial charge in [0.2, 0.25) is 0 Å². The maximum absolute atomic E-state index is 12.7. The van der Waals surface area contributed by atoms with Gasteiger partial charge < -0.3 is 48.0 Å². The molecule has 4 aromatic rings. The van der Waals surface area contributed by atoms with Gasteiger partial charge in [-0.15, -0.1) is 10.1 Å². The first-order valence-corrected chi connectivity index (χ1v) is 19.8. The molecular weight excluding hydrogens is 748 g/mol. The highest BCUT2D eigenvalue weighted by Crippen LogP contribution is 2.33. The number of methoxy groups -OCH3 is 3. The van der Waals surface area contributed by atoms with E-state index in [0.717, 1.165) is 51.1 Å². The van der Waals surface area contributed by atoms with Gasteiger partial charge in [0.05, 0.1) is 72.7 Å². The van der Waals surface area contributed by atoms with Crippen molar-refractivity contribution in [3.05, 3.63) is 112 Å². The zero-order valence-corrected chi connectivity index (χ0v) is 33.6. The van der Waals surface area contributed by atoms with Gasteiger partial charge >= 0.3 is 5.97 Å². The molecule has 4 atom stereocenters. The highest BCUT2D eigenvalue weighted by atomic mass is 16.9. The summed E-state index contributed by atoms with van der Waals surface area (Å²) in [5, 5.41) is 15.1. The van der Waals surface area contributed by atoms with Gasteiger partial charge in [0.1, 0.15) is 23.4 Å². The number of carbonyl (C=O) groups is 1. The molecule has 4 unspecified atom stereocenters. The van der Waals surface area contributed by atoms with Crippen LogP contribution in [-0.2, 0) is 46.5 Å². The number of nitrogens with one attached hydrogen (secondary N) is 1. The molecule has 0 amide bonds. The van der Waals surface area contributed by atoms with Crippen molar-refractivity contribution in [3.8, 4) is 17.2 Å². The number of nitrogens with zero attached hydrogens (tertiary/aromatic N) is 1. The van der Waals surface area contributed by atoms with Gasteiger partial charge in [0.15, 0.2) is 0 Å². The summed E-state index contributed by atoms with van der Waals surface area (Å²) in [5.74, 6) is 1.80. The predicted molar refractivity (Wildman–Crippen MR) is 217 cm³/mol. The number of benzene rings is 4. The monoisotopic (exact) mass is 804 g/mol. The summed E-state index contributed by atoms with van der Waals surface area (Å²) < 4.78 is 47.4.